The van der Waals surface area contributed by atoms with Gasteiger partial charge in [-0.05, 0) is 60.7 Å². The number of benzene rings is 2. The summed E-state index contributed by atoms with van der Waals surface area (Å²) >= 11 is 12.0. The molecule has 2 amide bonds. The molecule has 2 aromatic rings. The van der Waals surface area contributed by atoms with E-state index in [0.717, 1.165) is 66.7 Å². The van der Waals surface area contributed by atoms with Crippen LogP contribution in [0.25, 0.3) is 0 Å². The lowest BCUT2D eigenvalue weighted by atomic mass is 10.0. The Labute approximate surface area is 170 Å². The maximum Gasteiger partial charge on any atom is 0.322 e. The molecule has 0 bridgehead atoms. The first-order valence-electron chi connectivity index (χ1n) is 9.42. The number of fused-ring (bicyclic) bond motifs is 1. The van der Waals surface area contributed by atoms with E-state index in [2.05, 4.69) is 22.3 Å². The van der Waals surface area contributed by atoms with Crippen LogP contribution in [0.4, 0.5) is 10.5 Å². The molecule has 0 saturated carbocycles. The van der Waals surface area contributed by atoms with Crippen molar-refractivity contribution >= 4 is 34.9 Å². The molecule has 2 aliphatic heterocycles. The zero-order valence-electron chi connectivity index (χ0n) is 15.1. The molecule has 2 aromatic carbocycles. The fourth-order valence-corrected chi connectivity index (χ4v) is 4.24. The molecule has 2 heterocycles. The number of likely N-dealkylation sites (tertiary alicyclic amines) is 1. The number of rotatable bonds is 3. The van der Waals surface area contributed by atoms with Crippen LogP contribution in [0, 0.1) is 0 Å². The van der Waals surface area contributed by atoms with E-state index in [0.29, 0.717) is 0 Å². The SMILES string of the molecule is O=C(NC1CCN(Cc2ccc(Cl)cc2)CC1)N1CCc2cc(Cl)ccc21. The highest BCUT2D eigenvalue weighted by atomic mass is 35.5. The van der Waals surface area contributed by atoms with Crippen molar-refractivity contribution in [3.8, 4) is 0 Å². The van der Waals surface area contributed by atoms with Gasteiger partial charge in [0, 0.05) is 48.0 Å². The van der Waals surface area contributed by atoms with Crippen molar-refractivity contribution in [1.29, 1.82) is 0 Å². The Hall–Kier alpha value is -1.75. The normalized spacial score (nSPS) is 17.8. The van der Waals surface area contributed by atoms with E-state index in [9.17, 15) is 4.79 Å². The van der Waals surface area contributed by atoms with E-state index in [1.54, 1.807) is 0 Å². The summed E-state index contributed by atoms with van der Waals surface area (Å²) in [4.78, 5) is 17.0. The van der Waals surface area contributed by atoms with Crippen molar-refractivity contribution in [2.75, 3.05) is 24.5 Å². The number of carbonyl (C=O) groups excluding carboxylic acids is 1. The number of amides is 2. The number of hydrogen-bond acceptors (Lipinski definition) is 2. The van der Waals surface area contributed by atoms with Gasteiger partial charge in [-0.25, -0.2) is 4.79 Å². The Balaban J connectivity index is 1.28. The van der Waals surface area contributed by atoms with Crippen LogP contribution < -0.4 is 10.2 Å². The van der Waals surface area contributed by atoms with Crippen molar-refractivity contribution < 1.29 is 4.79 Å². The maximum atomic E-state index is 12.7. The Bertz CT molecular complexity index is 817. The van der Waals surface area contributed by atoms with E-state index < -0.39 is 0 Å². The smallest absolute Gasteiger partial charge is 0.322 e. The summed E-state index contributed by atoms with van der Waals surface area (Å²) in [5.41, 5.74) is 3.40. The molecule has 6 heteroatoms. The summed E-state index contributed by atoms with van der Waals surface area (Å²) in [5.74, 6) is 0. The van der Waals surface area contributed by atoms with Crippen LogP contribution in [-0.2, 0) is 13.0 Å². The maximum absolute atomic E-state index is 12.7. The highest BCUT2D eigenvalue weighted by Crippen LogP contribution is 2.30. The third-order valence-corrected chi connectivity index (χ3v) is 5.90. The standard InChI is InChI=1S/C21H23Cl2N3O/c22-17-3-1-15(2-4-17)14-25-10-8-19(9-11-25)24-21(27)26-12-7-16-13-18(23)5-6-20(16)26/h1-6,13,19H,7-12,14H2,(H,24,27). The molecule has 1 saturated heterocycles. The zero-order valence-corrected chi connectivity index (χ0v) is 16.6. The summed E-state index contributed by atoms with van der Waals surface area (Å²) in [6.45, 7) is 3.62. The minimum absolute atomic E-state index is 0.00669. The highest BCUT2D eigenvalue weighted by molar-refractivity contribution is 6.31. The second-order valence-corrected chi connectivity index (χ2v) is 8.17. The molecule has 0 atom stereocenters. The van der Waals surface area contributed by atoms with Gasteiger partial charge in [-0.2, -0.15) is 0 Å². The molecule has 0 unspecified atom stereocenters. The van der Waals surface area contributed by atoms with Crippen molar-refractivity contribution in [3.63, 3.8) is 0 Å². The number of halogens is 2. The monoisotopic (exact) mass is 403 g/mol. The van der Waals surface area contributed by atoms with Crippen molar-refractivity contribution in [2.24, 2.45) is 0 Å². The van der Waals surface area contributed by atoms with Crippen LogP contribution in [0.15, 0.2) is 42.5 Å². The topological polar surface area (TPSA) is 35.6 Å². The van der Waals surface area contributed by atoms with Gasteiger partial charge in [-0.3, -0.25) is 9.80 Å². The lowest BCUT2D eigenvalue weighted by molar-refractivity contribution is 0.188. The van der Waals surface area contributed by atoms with Gasteiger partial charge >= 0.3 is 6.03 Å². The van der Waals surface area contributed by atoms with Gasteiger partial charge in [-0.15, -0.1) is 0 Å². The zero-order chi connectivity index (χ0) is 18.8. The number of urea groups is 1. The predicted molar refractivity (Wildman–Crippen MR) is 111 cm³/mol. The van der Waals surface area contributed by atoms with Gasteiger partial charge in [-0.1, -0.05) is 35.3 Å². The number of nitrogens with one attached hydrogen (secondary N) is 1. The minimum atomic E-state index is 0.00669. The molecule has 0 radical (unpaired) electrons. The van der Waals surface area contributed by atoms with Crippen LogP contribution >= 0.6 is 23.2 Å². The second kappa shape index (κ2) is 8.09. The molecule has 0 aromatic heterocycles. The summed E-state index contributed by atoms with van der Waals surface area (Å²) in [7, 11) is 0. The Kier molecular flexibility index (Phi) is 5.58. The van der Waals surface area contributed by atoms with Crippen LogP contribution in [0.3, 0.4) is 0 Å². The van der Waals surface area contributed by atoms with Crippen molar-refractivity contribution in [1.82, 2.24) is 10.2 Å². The summed E-state index contributed by atoms with van der Waals surface area (Å²) in [6.07, 6.45) is 2.81. The van der Waals surface area contributed by atoms with E-state index in [4.69, 9.17) is 23.2 Å². The highest BCUT2D eigenvalue weighted by Gasteiger charge is 2.27. The predicted octanol–water partition coefficient (Wildman–Crippen LogP) is 4.73. The third-order valence-electron chi connectivity index (χ3n) is 5.42. The minimum Gasteiger partial charge on any atom is -0.335 e. The molecule has 2 aliphatic rings. The van der Waals surface area contributed by atoms with Gasteiger partial charge in [0.2, 0.25) is 0 Å². The van der Waals surface area contributed by atoms with Crippen LogP contribution in [0.5, 0.6) is 0 Å². The molecular weight excluding hydrogens is 381 g/mol. The lowest BCUT2D eigenvalue weighted by Crippen LogP contribution is -2.48. The van der Waals surface area contributed by atoms with Crippen molar-refractivity contribution in [2.45, 2.75) is 31.8 Å². The average Bonchev–Trinajstić information content (AvgIpc) is 3.08. The number of anilines is 1. The molecule has 0 aliphatic carbocycles. The van der Waals surface area contributed by atoms with Crippen LogP contribution in [0.1, 0.15) is 24.0 Å². The quantitative estimate of drug-likeness (QED) is 0.803. The number of hydrogen-bond donors (Lipinski definition) is 1. The van der Waals surface area contributed by atoms with E-state index >= 15 is 0 Å². The van der Waals surface area contributed by atoms with Crippen LogP contribution in [0.2, 0.25) is 10.0 Å². The first kappa shape index (κ1) is 18.6. The van der Waals surface area contributed by atoms with Crippen LogP contribution in [-0.4, -0.2) is 36.6 Å². The van der Waals surface area contributed by atoms with Gasteiger partial charge in [0.1, 0.15) is 0 Å². The first-order chi connectivity index (χ1) is 13.1. The largest absolute Gasteiger partial charge is 0.335 e. The summed E-state index contributed by atoms with van der Waals surface area (Å²) in [5, 5.41) is 4.71. The number of nitrogens with zero attached hydrogens (tertiary/aromatic N) is 2. The second-order valence-electron chi connectivity index (χ2n) is 7.30. The first-order valence-corrected chi connectivity index (χ1v) is 10.2. The van der Waals surface area contributed by atoms with Gasteiger partial charge in [0.25, 0.3) is 0 Å². The number of carbonyl (C=O) groups is 1. The Morgan fingerprint density at radius 1 is 1.00 bits per heavy atom. The fourth-order valence-electron chi connectivity index (χ4n) is 3.92. The Morgan fingerprint density at radius 3 is 2.44 bits per heavy atom. The molecular formula is C21H23Cl2N3O. The summed E-state index contributed by atoms with van der Waals surface area (Å²) in [6, 6.07) is 14.0. The molecule has 1 fully saturated rings. The van der Waals surface area contributed by atoms with E-state index in [1.807, 2.05) is 35.2 Å². The Morgan fingerprint density at radius 2 is 1.70 bits per heavy atom. The fraction of sp³-hybridized carbons (Fsp3) is 0.381. The number of piperidine rings is 1. The molecule has 4 rings (SSSR count). The van der Waals surface area contributed by atoms with Gasteiger partial charge < -0.3 is 5.32 Å². The van der Waals surface area contributed by atoms with Gasteiger partial charge in [0.05, 0.1) is 0 Å². The molecule has 1 N–H and O–H groups in total. The third kappa shape index (κ3) is 4.40. The van der Waals surface area contributed by atoms with Crippen molar-refractivity contribution in [3.05, 3.63) is 63.6 Å². The lowest BCUT2D eigenvalue weighted by Gasteiger charge is -2.33. The van der Waals surface area contributed by atoms with E-state index in [-0.39, 0.29) is 12.1 Å². The molecule has 0 spiro atoms. The average molecular weight is 404 g/mol. The molecule has 27 heavy (non-hydrogen) atoms. The summed E-state index contributed by atoms with van der Waals surface area (Å²) < 4.78 is 0. The molecule has 142 valence electrons. The molecule has 4 nitrogen and oxygen atoms in total. The van der Waals surface area contributed by atoms with E-state index in [1.165, 1.54) is 5.56 Å². The van der Waals surface area contributed by atoms with Gasteiger partial charge in [0.15, 0.2) is 0 Å².